The maximum atomic E-state index is 11.0. The molecule has 1 saturated heterocycles. The standard InChI is InChI=1S/C12H23NO3S/c1-17(14,15)9-8-13-10-11-4-7-12(16-11)5-2-3-6-12/h11,13H,2-10H2,1H3. The van der Waals surface area contributed by atoms with Crippen LogP contribution in [0.2, 0.25) is 0 Å². The van der Waals surface area contributed by atoms with Gasteiger partial charge in [0.1, 0.15) is 9.84 Å². The molecule has 1 atom stereocenters. The SMILES string of the molecule is CS(=O)(=O)CCNCC1CCC2(CCCC2)O1. The molecule has 0 radical (unpaired) electrons. The lowest BCUT2D eigenvalue weighted by Gasteiger charge is -2.23. The van der Waals surface area contributed by atoms with Gasteiger partial charge in [-0.05, 0) is 25.7 Å². The Balaban J connectivity index is 1.65. The van der Waals surface area contributed by atoms with Crippen LogP contribution in [0.4, 0.5) is 0 Å². The summed E-state index contributed by atoms with van der Waals surface area (Å²) in [5.74, 6) is 0.213. The monoisotopic (exact) mass is 261 g/mol. The highest BCUT2D eigenvalue weighted by Gasteiger charge is 2.41. The van der Waals surface area contributed by atoms with Crippen molar-refractivity contribution >= 4 is 9.84 Å². The van der Waals surface area contributed by atoms with E-state index >= 15 is 0 Å². The second-order valence-corrected chi connectivity index (χ2v) is 7.76. The van der Waals surface area contributed by atoms with E-state index in [1.54, 1.807) is 0 Å². The molecule has 0 aromatic carbocycles. The highest BCUT2D eigenvalue weighted by atomic mass is 32.2. The zero-order valence-electron chi connectivity index (χ0n) is 10.6. The Morgan fingerprint density at radius 1 is 1.29 bits per heavy atom. The number of sulfone groups is 1. The van der Waals surface area contributed by atoms with Gasteiger partial charge >= 0.3 is 0 Å². The van der Waals surface area contributed by atoms with Crippen LogP contribution in [-0.4, -0.2) is 45.2 Å². The molecule has 1 saturated carbocycles. The van der Waals surface area contributed by atoms with E-state index in [-0.39, 0.29) is 17.5 Å². The van der Waals surface area contributed by atoms with Crippen LogP contribution < -0.4 is 5.32 Å². The summed E-state index contributed by atoms with van der Waals surface area (Å²) in [5.41, 5.74) is 0.184. The third kappa shape index (κ3) is 3.93. The third-order valence-electron chi connectivity index (χ3n) is 3.88. The van der Waals surface area contributed by atoms with Crippen molar-refractivity contribution in [2.45, 2.75) is 50.2 Å². The Kier molecular flexibility index (Phi) is 4.10. The van der Waals surface area contributed by atoms with Gasteiger partial charge in [0.25, 0.3) is 0 Å². The molecule has 1 spiro atoms. The van der Waals surface area contributed by atoms with Gasteiger partial charge < -0.3 is 10.1 Å². The fourth-order valence-electron chi connectivity index (χ4n) is 2.95. The van der Waals surface area contributed by atoms with Crippen molar-refractivity contribution in [2.75, 3.05) is 25.1 Å². The van der Waals surface area contributed by atoms with Gasteiger partial charge in [-0.3, -0.25) is 0 Å². The number of rotatable bonds is 5. The average Bonchev–Trinajstić information content (AvgIpc) is 2.84. The van der Waals surface area contributed by atoms with Gasteiger partial charge in [-0.1, -0.05) is 12.8 Å². The van der Waals surface area contributed by atoms with Crippen molar-refractivity contribution in [2.24, 2.45) is 0 Å². The Morgan fingerprint density at radius 2 is 2.00 bits per heavy atom. The van der Waals surface area contributed by atoms with Gasteiger partial charge in [0.15, 0.2) is 0 Å². The molecule has 4 nitrogen and oxygen atoms in total. The van der Waals surface area contributed by atoms with Gasteiger partial charge in [0.2, 0.25) is 0 Å². The molecule has 0 aromatic rings. The van der Waals surface area contributed by atoms with Gasteiger partial charge in [0, 0.05) is 19.3 Å². The molecule has 2 rings (SSSR count). The summed E-state index contributed by atoms with van der Waals surface area (Å²) in [7, 11) is -2.85. The van der Waals surface area contributed by atoms with Gasteiger partial charge in [-0.2, -0.15) is 0 Å². The number of hydrogen-bond donors (Lipinski definition) is 1. The molecule has 1 heterocycles. The zero-order chi connectivity index (χ0) is 12.4. The molecule has 1 aliphatic carbocycles. The second kappa shape index (κ2) is 5.24. The molecule has 2 fully saturated rings. The molecule has 17 heavy (non-hydrogen) atoms. The highest BCUT2D eigenvalue weighted by Crippen LogP contribution is 2.42. The second-order valence-electron chi connectivity index (χ2n) is 5.50. The first kappa shape index (κ1) is 13.3. The van der Waals surface area contributed by atoms with E-state index in [0.29, 0.717) is 6.54 Å². The summed E-state index contributed by atoms with van der Waals surface area (Å²) in [6.45, 7) is 1.32. The molecule has 0 bridgehead atoms. The summed E-state index contributed by atoms with van der Waals surface area (Å²) in [5, 5.41) is 3.19. The maximum Gasteiger partial charge on any atom is 0.148 e. The van der Waals surface area contributed by atoms with E-state index in [4.69, 9.17) is 4.74 Å². The molecule has 1 aliphatic heterocycles. The fourth-order valence-corrected chi connectivity index (χ4v) is 3.46. The molecule has 0 aromatic heterocycles. The first-order chi connectivity index (χ1) is 7.99. The van der Waals surface area contributed by atoms with Crippen LogP contribution in [0.15, 0.2) is 0 Å². The summed E-state index contributed by atoms with van der Waals surface area (Å²) in [6.07, 6.45) is 8.89. The van der Waals surface area contributed by atoms with Crippen LogP contribution >= 0.6 is 0 Å². The largest absolute Gasteiger partial charge is 0.370 e. The minimum atomic E-state index is -2.85. The Hall–Kier alpha value is -0.130. The number of hydrogen-bond acceptors (Lipinski definition) is 4. The molecule has 100 valence electrons. The molecule has 5 heteroatoms. The van der Waals surface area contributed by atoms with Crippen LogP contribution in [-0.2, 0) is 14.6 Å². The van der Waals surface area contributed by atoms with Gasteiger partial charge in [0.05, 0.1) is 17.5 Å². The molecular formula is C12H23NO3S. The van der Waals surface area contributed by atoms with E-state index in [2.05, 4.69) is 5.32 Å². The first-order valence-corrected chi connectivity index (χ1v) is 8.61. The number of nitrogens with one attached hydrogen (secondary N) is 1. The van der Waals surface area contributed by atoms with Gasteiger partial charge in [-0.15, -0.1) is 0 Å². The van der Waals surface area contributed by atoms with Crippen LogP contribution in [0.3, 0.4) is 0 Å². The van der Waals surface area contributed by atoms with Gasteiger partial charge in [-0.25, -0.2) is 8.42 Å². The smallest absolute Gasteiger partial charge is 0.148 e. The molecule has 2 aliphatic rings. The van der Waals surface area contributed by atoms with Crippen LogP contribution in [0, 0.1) is 0 Å². The predicted molar refractivity (Wildman–Crippen MR) is 67.9 cm³/mol. The maximum absolute atomic E-state index is 11.0. The minimum Gasteiger partial charge on any atom is -0.370 e. The Morgan fingerprint density at radius 3 is 2.65 bits per heavy atom. The fraction of sp³-hybridized carbons (Fsp3) is 1.00. The van der Waals surface area contributed by atoms with Crippen molar-refractivity contribution in [1.29, 1.82) is 0 Å². The molecule has 1 unspecified atom stereocenters. The lowest BCUT2D eigenvalue weighted by molar-refractivity contribution is -0.0349. The van der Waals surface area contributed by atoms with E-state index in [9.17, 15) is 8.42 Å². The third-order valence-corrected chi connectivity index (χ3v) is 4.82. The van der Waals surface area contributed by atoms with Crippen molar-refractivity contribution in [1.82, 2.24) is 5.32 Å². The van der Waals surface area contributed by atoms with Crippen molar-refractivity contribution in [3.8, 4) is 0 Å². The average molecular weight is 261 g/mol. The normalized spacial score (nSPS) is 27.9. The lowest BCUT2D eigenvalue weighted by Crippen LogP contribution is -2.33. The Labute approximate surface area is 104 Å². The van der Waals surface area contributed by atoms with E-state index in [1.807, 2.05) is 0 Å². The molecule has 0 amide bonds. The van der Waals surface area contributed by atoms with Crippen LogP contribution in [0.25, 0.3) is 0 Å². The van der Waals surface area contributed by atoms with Crippen molar-refractivity contribution in [3.05, 3.63) is 0 Å². The summed E-state index contributed by atoms with van der Waals surface area (Å²) >= 11 is 0. The Bertz CT molecular complexity index is 347. The quantitative estimate of drug-likeness (QED) is 0.753. The lowest BCUT2D eigenvalue weighted by atomic mass is 9.98. The van der Waals surface area contributed by atoms with E-state index in [1.165, 1.54) is 38.4 Å². The summed E-state index contributed by atoms with van der Waals surface area (Å²) in [4.78, 5) is 0. The summed E-state index contributed by atoms with van der Waals surface area (Å²) < 4.78 is 28.1. The van der Waals surface area contributed by atoms with Crippen molar-refractivity contribution < 1.29 is 13.2 Å². The minimum absolute atomic E-state index is 0.184. The van der Waals surface area contributed by atoms with E-state index in [0.717, 1.165) is 13.0 Å². The first-order valence-electron chi connectivity index (χ1n) is 6.55. The predicted octanol–water partition coefficient (Wildman–Crippen LogP) is 1.11. The van der Waals surface area contributed by atoms with Crippen molar-refractivity contribution in [3.63, 3.8) is 0 Å². The molecule has 1 N–H and O–H groups in total. The topological polar surface area (TPSA) is 55.4 Å². The van der Waals surface area contributed by atoms with Crippen LogP contribution in [0.1, 0.15) is 38.5 Å². The van der Waals surface area contributed by atoms with E-state index < -0.39 is 9.84 Å². The molecular weight excluding hydrogens is 238 g/mol. The number of ether oxygens (including phenoxy) is 1. The zero-order valence-corrected chi connectivity index (χ0v) is 11.4. The highest BCUT2D eigenvalue weighted by molar-refractivity contribution is 7.90. The van der Waals surface area contributed by atoms with Crippen LogP contribution in [0.5, 0.6) is 0 Å². The summed E-state index contributed by atoms with van der Waals surface area (Å²) in [6, 6.07) is 0.